The molecule has 45 heteroatoms. The average Bonchev–Trinajstić information content (AvgIpc) is 0.772. The minimum Gasteiger partial charge on any atom is -0.503 e. The van der Waals surface area contributed by atoms with Crippen LogP contribution in [0.15, 0.2) is 86.0 Å². The quantitative estimate of drug-likeness (QED) is 0.0145. The van der Waals surface area contributed by atoms with Gasteiger partial charge in [0.15, 0.2) is 23.0 Å². The second-order valence-electron chi connectivity index (χ2n) is 35.0. The molecule has 0 aliphatic carbocycles. The van der Waals surface area contributed by atoms with Crippen molar-refractivity contribution in [2.75, 3.05) is 58.9 Å². The van der Waals surface area contributed by atoms with E-state index < -0.39 is 212 Å². The van der Waals surface area contributed by atoms with E-state index >= 15 is 0 Å². The summed E-state index contributed by atoms with van der Waals surface area (Å²) in [6, 6.07) is 11.0. The molecule has 18 N–H and O–H groups in total. The fourth-order valence-electron chi connectivity index (χ4n) is 14.5. The van der Waals surface area contributed by atoms with Gasteiger partial charge in [0.05, 0.1) is 27.8 Å². The number of aromatic nitrogens is 6. The fraction of sp³-hybridized carbons (Fsp3) is 0.467. The number of esters is 3. The summed E-state index contributed by atoms with van der Waals surface area (Å²) in [6.45, 7) is 15.3. The van der Waals surface area contributed by atoms with Crippen molar-refractivity contribution in [2.24, 2.45) is 11.5 Å². The molecule has 0 radical (unpaired) electrons. The van der Waals surface area contributed by atoms with E-state index in [2.05, 4.69) is 42.2 Å². The number of urea groups is 1. The summed E-state index contributed by atoms with van der Waals surface area (Å²) in [4.78, 5) is 250. The van der Waals surface area contributed by atoms with Crippen molar-refractivity contribution in [3.8, 4) is 23.0 Å². The van der Waals surface area contributed by atoms with Gasteiger partial charge in [0.2, 0.25) is 11.8 Å². The van der Waals surface area contributed by atoms with Crippen LogP contribution < -0.4 is 70.9 Å². The molecule has 3 atom stereocenters. The molecule has 0 aliphatic rings. The number of carboxylic acids is 3. The minimum atomic E-state index is -1.50. The van der Waals surface area contributed by atoms with Gasteiger partial charge in [0.25, 0.3) is 51.8 Å². The highest BCUT2D eigenvalue weighted by Gasteiger charge is 2.35. The van der Waals surface area contributed by atoms with Gasteiger partial charge in [-0.15, -0.1) is 0 Å². The van der Waals surface area contributed by atoms with Crippen LogP contribution in [0.3, 0.4) is 0 Å². The van der Waals surface area contributed by atoms with Gasteiger partial charge in [0.1, 0.15) is 66.8 Å². The Morgan fingerprint density at radius 2 is 0.933 bits per heavy atom. The first-order valence-corrected chi connectivity index (χ1v) is 43.1. The molecule has 6 aromatic heterocycles. The van der Waals surface area contributed by atoms with Gasteiger partial charge in [-0.25, -0.2) is 14.4 Å². The van der Waals surface area contributed by atoms with E-state index in [1.165, 1.54) is 46.0 Å². The smallest absolute Gasteiger partial charge is 0.329 e. The number of hydrogen-bond donors (Lipinski definition) is 16. The van der Waals surface area contributed by atoms with Crippen LogP contribution in [0, 0.1) is 27.7 Å². The number of amides is 9. The van der Waals surface area contributed by atoms with Gasteiger partial charge in [-0.1, -0.05) is 30.3 Å². The first-order chi connectivity index (χ1) is 63.1. The van der Waals surface area contributed by atoms with E-state index in [0.29, 0.717) is 25.9 Å². The van der Waals surface area contributed by atoms with E-state index in [9.17, 15) is 122 Å². The molecule has 0 fully saturated rings. The normalized spacial score (nSPS) is 12.2. The maximum atomic E-state index is 14.2. The number of carboxylic acid groups (broad SMARTS) is 3. The lowest BCUT2D eigenvalue weighted by atomic mass is 9.99. The van der Waals surface area contributed by atoms with Crippen LogP contribution in [-0.2, 0) is 105 Å². The SMILES string of the molecule is Cc1cc(C(=O)NCCN(CCCN(CCc2c(C(N)=O)c(C)n(CC(=O)O)c(=O)c2O)CCc2c(C(N)=O)c(C)n(CC(=O)O)c(=O)c2O)CCNC(=O)c2cc(C)n(CC(=O)NCc3ccc(C(=O)N[C@@H](Cc4ccc5ccccc5n4)C(=O)NCCCC[C@H](NC(=O)N[C@@H](CCC(=O)OC(C)(C)C)C(=O)OC(C)(C)C)C(=O)OC(C)(C)C)nc3)c(=O)c2O)c(O)c(=O)n1CC(=O)O. The standard InChI is InChI=1S/C90H117N17O28/c1-48-39-57(77(122)94-31-37-103(38-32-95-78(123)58-40-49(2)105(45-65(109)110)82(127)74(58)119)34-18-33-102(35-28-55-69(75(91)120)50(3)106(46-66(111)112)83(128)71(55)116)36-29-56-70(76(92)121)51(4)107(47-67(113)114)84(129)72(56)117)73(118)81(126)104(48)44-64(108)97-43-52-22-25-60(96-42-52)80(125)99-63(41-54-24-23-53-19-14-15-20-59(53)98-54)79(124)93-30-17-16-21-61(85(130)134-89(8,9)10)100-87(132)101-62(86(131)135-90(11,12)13)26-27-68(115)133-88(5,6)7/h14-15,19-20,22-25,39-40,42,61-63,116-119H,16-18,21,26-38,41,43-47H2,1-13H3,(H2,91,120)(H2,92,121)(H,93,124)(H,94,122)(H,95,123)(H,97,108)(H,99,125)(H,109,110)(H,111,112)(H,113,114)(H2,100,101,132)/t61-,62-,63-/m0/s1. The van der Waals surface area contributed by atoms with Crippen molar-refractivity contribution < 1.29 is 117 Å². The van der Waals surface area contributed by atoms with Gasteiger partial charge in [-0.05, 0) is 184 Å². The van der Waals surface area contributed by atoms with E-state index in [4.69, 9.17) is 30.7 Å². The number of carbonyl (C=O) groups is 14. The molecular weight excluding hydrogens is 1770 g/mol. The number of nitrogens with zero attached hydrogens (tertiary/aromatic N) is 8. The first kappa shape index (κ1) is 107. The molecule has 0 bridgehead atoms. The largest absolute Gasteiger partial charge is 0.503 e. The van der Waals surface area contributed by atoms with Crippen LogP contribution in [0.25, 0.3) is 10.9 Å². The van der Waals surface area contributed by atoms with Crippen molar-refractivity contribution in [2.45, 2.75) is 215 Å². The van der Waals surface area contributed by atoms with Gasteiger partial charge >= 0.3 is 41.8 Å². The summed E-state index contributed by atoms with van der Waals surface area (Å²) in [7, 11) is 0. The predicted octanol–water partition coefficient (Wildman–Crippen LogP) is 1.21. The molecule has 7 aromatic rings. The van der Waals surface area contributed by atoms with Crippen LogP contribution in [0.5, 0.6) is 23.0 Å². The lowest BCUT2D eigenvalue weighted by molar-refractivity contribution is -0.159. The number of pyridine rings is 6. The Hall–Kier alpha value is -14.9. The monoisotopic (exact) mass is 1880 g/mol. The number of aryl methyl sites for hydroxylation is 2. The zero-order valence-corrected chi connectivity index (χ0v) is 77.3. The molecule has 0 aliphatic heterocycles. The molecule has 1 aromatic carbocycles. The second-order valence-corrected chi connectivity index (χ2v) is 35.0. The predicted molar refractivity (Wildman–Crippen MR) is 484 cm³/mol. The molecule has 135 heavy (non-hydrogen) atoms. The number of aromatic hydroxyl groups is 4. The molecule has 6 heterocycles. The van der Waals surface area contributed by atoms with Crippen molar-refractivity contribution in [3.63, 3.8) is 0 Å². The molecule has 0 unspecified atom stereocenters. The summed E-state index contributed by atoms with van der Waals surface area (Å²) < 4.78 is 19.4. The lowest BCUT2D eigenvalue weighted by Crippen LogP contribution is -2.53. The zero-order valence-electron chi connectivity index (χ0n) is 77.3. The van der Waals surface area contributed by atoms with Crippen molar-refractivity contribution in [1.29, 1.82) is 0 Å². The van der Waals surface area contributed by atoms with E-state index in [-0.39, 0.29) is 163 Å². The lowest BCUT2D eigenvalue weighted by Gasteiger charge is -2.27. The number of benzene rings is 1. The number of rotatable bonds is 47. The number of unbranched alkanes of at least 4 members (excludes halogenated alkanes) is 1. The summed E-state index contributed by atoms with van der Waals surface area (Å²) in [5, 5.41) is 92.4. The highest BCUT2D eigenvalue weighted by molar-refractivity contribution is 5.99. The van der Waals surface area contributed by atoms with Crippen LogP contribution in [0.2, 0.25) is 0 Å². The van der Waals surface area contributed by atoms with Crippen LogP contribution in [-0.4, -0.2) is 251 Å². The number of nitrogens with two attached hydrogens (primary N) is 2. The Morgan fingerprint density at radius 1 is 0.474 bits per heavy atom. The Balaban J connectivity index is 1.03. The van der Waals surface area contributed by atoms with Gasteiger partial charge in [0, 0.05) is 116 Å². The third-order valence-corrected chi connectivity index (χ3v) is 21.0. The second kappa shape index (κ2) is 47.4. The van der Waals surface area contributed by atoms with E-state index in [1.54, 1.807) is 90.3 Å². The fourth-order valence-corrected chi connectivity index (χ4v) is 14.5. The number of aliphatic carboxylic acids is 3. The number of fused-ring (bicyclic) bond motifs is 1. The maximum Gasteiger partial charge on any atom is 0.329 e. The number of hydrogen-bond acceptors (Lipinski definition) is 29. The third-order valence-electron chi connectivity index (χ3n) is 21.0. The van der Waals surface area contributed by atoms with Crippen molar-refractivity contribution in [3.05, 3.63) is 181 Å². The van der Waals surface area contributed by atoms with Crippen LogP contribution >= 0.6 is 0 Å². The number of para-hydroxylation sites is 1. The molecule has 730 valence electrons. The number of primary amides is 2. The van der Waals surface area contributed by atoms with Crippen molar-refractivity contribution >= 4 is 94.1 Å². The van der Waals surface area contributed by atoms with E-state index in [1.807, 2.05) is 18.2 Å². The van der Waals surface area contributed by atoms with Crippen LogP contribution in [0.4, 0.5) is 4.79 Å². The zero-order chi connectivity index (χ0) is 101. The Bertz CT molecular complexity index is 5810. The molecule has 0 saturated carbocycles. The topological polar surface area (TPSA) is 665 Å². The summed E-state index contributed by atoms with van der Waals surface area (Å²) in [6.07, 6.45) is 0.571. The summed E-state index contributed by atoms with van der Waals surface area (Å²) in [5.74, 6) is -17.2. The third kappa shape index (κ3) is 31.4. The minimum absolute atomic E-state index is 0.00301. The summed E-state index contributed by atoms with van der Waals surface area (Å²) >= 11 is 0. The van der Waals surface area contributed by atoms with Crippen LogP contribution in [0.1, 0.15) is 198 Å². The van der Waals surface area contributed by atoms with Crippen molar-refractivity contribution in [1.82, 2.24) is 75.3 Å². The first-order valence-electron chi connectivity index (χ1n) is 43.1. The Labute approximate surface area is 773 Å². The van der Waals surface area contributed by atoms with E-state index in [0.717, 1.165) is 26.7 Å². The molecule has 7 rings (SSSR count). The molecule has 0 spiro atoms. The number of nitrogens with one attached hydrogen (secondary N) is 7. The maximum absolute atomic E-state index is 14.2. The van der Waals surface area contributed by atoms with Gasteiger partial charge in [-0.3, -0.25) is 100 Å². The molecule has 45 nitrogen and oxygen atoms in total. The molecule has 9 amide bonds. The van der Waals surface area contributed by atoms with Gasteiger partial charge < -0.3 is 108 Å². The number of ether oxygens (including phenoxy) is 3. The molecular formula is C90H117N17O28. The average molecular weight is 1890 g/mol. The summed E-state index contributed by atoms with van der Waals surface area (Å²) in [5.41, 5.74) is 2.59. The highest BCUT2D eigenvalue weighted by Crippen LogP contribution is 2.27. The van der Waals surface area contributed by atoms with Gasteiger partial charge in [-0.2, -0.15) is 0 Å². The highest BCUT2D eigenvalue weighted by atomic mass is 16.6. The Kier molecular flexibility index (Phi) is 37.6. The number of carbonyl (C=O) groups excluding carboxylic acids is 11. The Morgan fingerprint density at radius 3 is 1.40 bits per heavy atom. The molecule has 0 saturated heterocycles.